The third-order valence-corrected chi connectivity index (χ3v) is 4.46. The van der Waals surface area contributed by atoms with Crippen molar-refractivity contribution in [1.29, 1.82) is 0 Å². The van der Waals surface area contributed by atoms with Crippen molar-refractivity contribution in [2.45, 2.75) is 37.6 Å². The lowest BCUT2D eigenvalue weighted by Crippen LogP contribution is -2.19. The predicted molar refractivity (Wildman–Crippen MR) is 91.0 cm³/mol. The molecule has 112 valence electrons. The average Bonchev–Trinajstić information content (AvgIpc) is 2.47. The largest absolute Gasteiger partial charge is 0.398 e. The van der Waals surface area contributed by atoms with Crippen molar-refractivity contribution in [3.8, 4) is 0 Å². The predicted octanol–water partition coefficient (Wildman–Crippen LogP) is 3.74. The Morgan fingerprint density at radius 1 is 1.14 bits per heavy atom. The van der Waals surface area contributed by atoms with Crippen LogP contribution in [0.15, 0.2) is 52.3 Å². The molecule has 21 heavy (non-hydrogen) atoms. The molecule has 1 heterocycles. The molecule has 0 bridgehead atoms. The number of thioether (sulfide) groups is 1. The van der Waals surface area contributed by atoms with Crippen LogP contribution in [0.1, 0.15) is 31.7 Å². The van der Waals surface area contributed by atoms with E-state index >= 15 is 0 Å². The molecule has 0 saturated heterocycles. The summed E-state index contributed by atoms with van der Waals surface area (Å²) in [5, 5.41) is 0. The first-order valence-electron chi connectivity index (χ1n) is 7.25. The minimum atomic E-state index is 0.00971. The topological polar surface area (TPSA) is 48.0 Å². The van der Waals surface area contributed by atoms with E-state index in [1.807, 2.05) is 11.8 Å². The highest BCUT2D eigenvalue weighted by Crippen LogP contribution is 2.22. The smallest absolute Gasteiger partial charge is 0.250 e. The second-order valence-corrected chi connectivity index (χ2v) is 6.59. The van der Waals surface area contributed by atoms with Crippen molar-refractivity contribution < 1.29 is 0 Å². The Kier molecular flexibility index (Phi) is 5.51. The average molecular weight is 302 g/mol. The van der Waals surface area contributed by atoms with Gasteiger partial charge in [0.25, 0.3) is 5.56 Å². The molecule has 4 heteroatoms. The molecule has 2 aromatic rings. The fourth-order valence-corrected chi connectivity index (χ4v) is 2.94. The maximum atomic E-state index is 11.6. The van der Waals surface area contributed by atoms with Crippen molar-refractivity contribution in [3.63, 3.8) is 0 Å². The minimum Gasteiger partial charge on any atom is -0.398 e. The SMILES string of the molecule is CC(C)c1ccc(SCCCn2cc(N)ccc2=O)cc1. The Morgan fingerprint density at radius 2 is 1.86 bits per heavy atom. The molecule has 0 spiro atoms. The van der Waals surface area contributed by atoms with Gasteiger partial charge in [0.15, 0.2) is 0 Å². The third-order valence-electron chi connectivity index (χ3n) is 3.37. The van der Waals surface area contributed by atoms with Crippen molar-refractivity contribution in [1.82, 2.24) is 4.57 Å². The van der Waals surface area contributed by atoms with Crippen LogP contribution in [0.4, 0.5) is 5.69 Å². The molecule has 0 aliphatic carbocycles. The maximum absolute atomic E-state index is 11.6. The van der Waals surface area contributed by atoms with Crippen LogP contribution in [-0.2, 0) is 6.54 Å². The van der Waals surface area contributed by atoms with Gasteiger partial charge >= 0.3 is 0 Å². The number of aryl methyl sites for hydroxylation is 1. The van der Waals surface area contributed by atoms with Crippen LogP contribution in [0.2, 0.25) is 0 Å². The van der Waals surface area contributed by atoms with E-state index in [4.69, 9.17) is 5.73 Å². The van der Waals surface area contributed by atoms with E-state index in [0.717, 1.165) is 12.2 Å². The first kappa shape index (κ1) is 15.7. The van der Waals surface area contributed by atoms with E-state index in [0.29, 0.717) is 18.2 Å². The van der Waals surface area contributed by atoms with Crippen molar-refractivity contribution in [2.75, 3.05) is 11.5 Å². The fourth-order valence-electron chi connectivity index (χ4n) is 2.10. The van der Waals surface area contributed by atoms with Gasteiger partial charge in [0.2, 0.25) is 0 Å². The molecule has 3 nitrogen and oxygen atoms in total. The van der Waals surface area contributed by atoms with E-state index in [1.54, 1.807) is 16.8 Å². The van der Waals surface area contributed by atoms with Gasteiger partial charge in [-0.2, -0.15) is 0 Å². The molecular weight excluding hydrogens is 280 g/mol. The lowest BCUT2D eigenvalue weighted by Gasteiger charge is -2.08. The van der Waals surface area contributed by atoms with Crippen LogP contribution in [0.3, 0.4) is 0 Å². The number of nitrogens with two attached hydrogens (primary N) is 1. The number of nitrogens with zero attached hydrogens (tertiary/aromatic N) is 1. The number of aromatic nitrogens is 1. The van der Waals surface area contributed by atoms with Crippen LogP contribution in [0.25, 0.3) is 0 Å². The first-order valence-corrected chi connectivity index (χ1v) is 8.23. The van der Waals surface area contributed by atoms with Gasteiger partial charge in [0, 0.05) is 29.4 Å². The highest BCUT2D eigenvalue weighted by atomic mass is 32.2. The maximum Gasteiger partial charge on any atom is 0.250 e. The zero-order chi connectivity index (χ0) is 15.2. The molecule has 0 atom stereocenters. The Hall–Kier alpha value is -1.68. The summed E-state index contributed by atoms with van der Waals surface area (Å²) in [4.78, 5) is 12.9. The molecule has 1 aromatic heterocycles. The molecular formula is C17H22N2OS. The summed E-state index contributed by atoms with van der Waals surface area (Å²) in [7, 11) is 0. The molecule has 1 aromatic carbocycles. The van der Waals surface area contributed by atoms with E-state index < -0.39 is 0 Å². The number of hydrogen-bond acceptors (Lipinski definition) is 3. The Bertz CT molecular complexity index is 632. The molecule has 0 amide bonds. The van der Waals surface area contributed by atoms with Crippen LogP contribution in [0, 0.1) is 0 Å². The zero-order valence-corrected chi connectivity index (χ0v) is 13.4. The Morgan fingerprint density at radius 3 is 2.52 bits per heavy atom. The molecule has 0 radical (unpaired) electrons. The van der Waals surface area contributed by atoms with Gasteiger partial charge in [-0.15, -0.1) is 11.8 Å². The zero-order valence-electron chi connectivity index (χ0n) is 12.6. The van der Waals surface area contributed by atoms with Crippen LogP contribution < -0.4 is 11.3 Å². The summed E-state index contributed by atoms with van der Waals surface area (Å²) in [5.74, 6) is 1.56. The van der Waals surface area contributed by atoms with Gasteiger partial charge in [0.05, 0.1) is 0 Å². The van der Waals surface area contributed by atoms with E-state index in [1.165, 1.54) is 16.5 Å². The molecule has 0 unspecified atom stereocenters. The molecule has 2 N–H and O–H groups in total. The molecule has 0 aliphatic heterocycles. The minimum absolute atomic E-state index is 0.00971. The highest BCUT2D eigenvalue weighted by molar-refractivity contribution is 7.99. The standard InChI is InChI=1S/C17H22N2OS/c1-13(2)14-4-7-16(8-5-14)21-11-3-10-19-12-15(18)6-9-17(19)20/h4-9,12-13H,3,10-11,18H2,1-2H3. The monoisotopic (exact) mass is 302 g/mol. The molecule has 0 fully saturated rings. The highest BCUT2D eigenvalue weighted by Gasteiger charge is 2.00. The number of pyridine rings is 1. The number of anilines is 1. The lowest BCUT2D eigenvalue weighted by molar-refractivity contribution is 0.660. The summed E-state index contributed by atoms with van der Waals surface area (Å²) < 4.78 is 1.68. The Labute approximate surface area is 130 Å². The number of benzene rings is 1. The quantitative estimate of drug-likeness (QED) is 0.653. The van der Waals surface area contributed by atoms with Crippen LogP contribution in [-0.4, -0.2) is 10.3 Å². The van der Waals surface area contributed by atoms with Gasteiger partial charge in [-0.25, -0.2) is 0 Å². The van der Waals surface area contributed by atoms with Gasteiger partial charge < -0.3 is 10.3 Å². The first-order chi connectivity index (χ1) is 10.1. The third kappa shape index (κ3) is 4.67. The summed E-state index contributed by atoms with van der Waals surface area (Å²) in [6.45, 7) is 5.11. The molecule has 0 aliphatic rings. The van der Waals surface area contributed by atoms with E-state index in [2.05, 4.69) is 38.1 Å². The van der Waals surface area contributed by atoms with Gasteiger partial charge in [-0.05, 0) is 41.9 Å². The van der Waals surface area contributed by atoms with Crippen molar-refractivity contribution in [3.05, 3.63) is 58.5 Å². The fraction of sp³-hybridized carbons (Fsp3) is 0.353. The second-order valence-electron chi connectivity index (χ2n) is 5.42. The summed E-state index contributed by atoms with van der Waals surface area (Å²) in [6, 6.07) is 11.9. The van der Waals surface area contributed by atoms with Gasteiger partial charge in [-0.3, -0.25) is 4.79 Å². The van der Waals surface area contributed by atoms with Crippen molar-refractivity contribution in [2.24, 2.45) is 0 Å². The van der Waals surface area contributed by atoms with Crippen molar-refractivity contribution >= 4 is 17.4 Å². The number of rotatable bonds is 6. The lowest BCUT2D eigenvalue weighted by atomic mass is 10.0. The van der Waals surface area contributed by atoms with Gasteiger partial charge in [-0.1, -0.05) is 26.0 Å². The number of nitrogen functional groups attached to an aromatic ring is 1. The van der Waals surface area contributed by atoms with E-state index in [-0.39, 0.29) is 5.56 Å². The number of hydrogen-bond donors (Lipinski definition) is 1. The molecule has 2 rings (SSSR count). The second kappa shape index (κ2) is 7.36. The van der Waals surface area contributed by atoms with Gasteiger partial charge in [0.1, 0.15) is 0 Å². The van der Waals surface area contributed by atoms with E-state index in [9.17, 15) is 4.79 Å². The summed E-state index contributed by atoms with van der Waals surface area (Å²) >= 11 is 1.82. The summed E-state index contributed by atoms with van der Waals surface area (Å²) in [6.07, 6.45) is 2.66. The normalized spacial score (nSPS) is 11.0. The summed E-state index contributed by atoms with van der Waals surface area (Å²) in [5.41, 5.74) is 7.70. The van der Waals surface area contributed by atoms with Crippen LogP contribution in [0.5, 0.6) is 0 Å². The van der Waals surface area contributed by atoms with Crippen LogP contribution >= 0.6 is 11.8 Å². The Balaban J connectivity index is 1.82. The molecule has 0 saturated carbocycles.